The van der Waals surface area contributed by atoms with Crippen LogP contribution in [0.15, 0.2) is 36.5 Å². The van der Waals surface area contributed by atoms with Gasteiger partial charge in [-0.1, -0.05) is 6.92 Å². The molecule has 220 valence electrons. The van der Waals surface area contributed by atoms with E-state index < -0.39 is 0 Å². The van der Waals surface area contributed by atoms with Crippen LogP contribution < -0.4 is 15.4 Å². The van der Waals surface area contributed by atoms with Crippen LogP contribution in [0.3, 0.4) is 0 Å². The lowest BCUT2D eigenvalue weighted by atomic mass is 10.0. The van der Waals surface area contributed by atoms with Gasteiger partial charge in [-0.2, -0.15) is 5.10 Å². The SMILES string of the molecule is Cc1cc2cc(n1)-c1cnn(C3CC3)c1OCCC[C@@H](C)Cn1c(nc3ccc(NC4CCN(C)CC4)cc31)NC2=O. The molecule has 7 rings (SSSR count). The lowest BCUT2D eigenvalue weighted by Crippen LogP contribution is -2.36. The molecule has 1 saturated carbocycles. The van der Waals surface area contributed by atoms with E-state index in [-0.39, 0.29) is 5.91 Å². The Morgan fingerprint density at radius 3 is 2.69 bits per heavy atom. The van der Waals surface area contributed by atoms with Gasteiger partial charge < -0.3 is 19.5 Å². The second-order valence-electron chi connectivity index (χ2n) is 12.4. The monoisotopic (exact) mass is 568 g/mol. The van der Waals surface area contributed by atoms with E-state index in [1.165, 1.54) is 0 Å². The summed E-state index contributed by atoms with van der Waals surface area (Å²) in [5.74, 6) is 1.48. The summed E-state index contributed by atoms with van der Waals surface area (Å²) in [4.78, 5) is 25.8. The van der Waals surface area contributed by atoms with Gasteiger partial charge in [0.25, 0.3) is 5.91 Å². The Balaban J connectivity index is 1.24. The minimum absolute atomic E-state index is 0.206. The first-order valence-electron chi connectivity index (χ1n) is 15.4. The number of piperidine rings is 1. The highest BCUT2D eigenvalue weighted by Gasteiger charge is 2.30. The lowest BCUT2D eigenvalue weighted by Gasteiger charge is -2.30. The van der Waals surface area contributed by atoms with Crippen molar-refractivity contribution in [3.8, 4) is 17.1 Å². The number of carbonyl (C=O) groups excluding carboxylic acids is 1. The van der Waals surface area contributed by atoms with Crippen LogP contribution in [0.25, 0.3) is 22.3 Å². The van der Waals surface area contributed by atoms with E-state index in [2.05, 4.69) is 57.4 Å². The minimum Gasteiger partial charge on any atom is -0.477 e. The molecule has 2 bridgehead atoms. The molecule has 5 heterocycles. The summed E-state index contributed by atoms with van der Waals surface area (Å²) in [5.41, 5.74) is 5.83. The maximum atomic E-state index is 13.7. The van der Waals surface area contributed by atoms with E-state index in [4.69, 9.17) is 14.7 Å². The summed E-state index contributed by atoms with van der Waals surface area (Å²) >= 11 is 0. The molecule has 1 aliphatic carbocycles. The average Bonchev–Trinajstić information content (AvgIpc) is 3.65. The van der Waals surface area contributed by atoms with Gasteiger partial charge in [0.15, 0.2) is 0 Å². The summed E-state index contributed by atoms with van der Waals surface area (Å²) in [6.07, 6.45) is 8.21. The van der Waals surface area contributed by atoms with Crippen LogP contribution in [0.4, 0.5) is 11.6 Å². The lowest BCUT2D eigenvalue weighted by molar-refractivity contribution is 0.102. The van der Waals surface area contributed by atoms with Crippen molar-refractivity contribution >= 4 is 28.6 Å². The van der Waals surface area contributed by atoms with Crippen molar-refractivity contribution < 1.29 is 9.53 Å². The summed E-state index contributed by atoms with van der Waals surface area (Å²) in [7, 11) is 2.18. The zero-order valence-corrected chi connectivity index (χ0v) is 24.8. The number of ether oxygens (including phenoxy) is 1. The molecule has 3 aromatic heterocycles. The number of nitrogens with one attached hydrogen (secondary N) is 2. The molecule has 1 aromatic carbocycles. The van der Waals surface area contributed by atoms with Crippen molar-refractivity contribution in [2.75, 3.05) is 37.4 Å². The number of amides is 1. The van der Waals surface area contributed by atoms with Gasteiger partial charge in [-0.25, -0.2) is 9.67 Å². The van der Waals surface area contributed by atoms with E-state index in [9.17, 15) is 4.79 Å². The van der Waals surface area contributed by atoms with Crippen LogP contribution in [0.2, 0.25) is 0 Å². The normalized spacial score (nSPS) is 20.6. The molecule has 2 fully saturated rings. The number of carbonyl (C=O) groups is 1. The number of anilines is 2. The van der Waals surface area contributed by atoms with E-state index in [1.54, 1.807) is 0 Å². The molecule has 1 atom stereocenters. The van der Waals surface area contributed by atoms with Gasteiger partial charge in [-0.3, -0.25) is 15.1 Å². The van der Waals surface area contributed by atoms with Gasteiger partial charge in [0.2, 0.25) is 11.8 Å². The van der Waals surface area contributed by atoms with Gasteiger partial charge in [0.05, 0.1) is 41.1 Å². The van der Waals surface area contributed by atoms with Crippen molar-refractivity contribution in [1.29, 1.82) is 0 Å². The average molecular weight is 569 g/mol. The first-order chi connectivity index (χ1) is 20.4. The largest absolute Gasteiger partial charge is 0.477 e. The fraction of sp³-hybridized carbons (Fsp3) is 0.500. The number of benzene rings is 1. The van der Waals surface area contributed by atoms with Crippen molar-refractivity contribution in [2.24, 2.45) is 5.92 Å². The number of aromatic nitrogens is 5. The standard InChI is InChI=1S/C32H40N8O2/c1-20-5-4-14-42-31-26(18-33-40(31)25-7-8-25)28-16-22(15-21(2)34-28)30(41)37-32-36-27-9-6-24(17-29(27)39(32)19-20)35-23-10-12-38(3)13-11-23/h6,9,15-18,20,23,25,35H,4-5,7-8,10-14,19H2,1-3H3,(H,36,37,41)/t20-/m1/s1. The third-order valence-corrected chi connectivity index (χ3v) is 8.77. The molecule has 0 unspecified atom stereocenters. The number of fused-ring (bicyclic) bond motifs is 7. The van der Waals surface area contributed by atoms with Gasteiger partial charge in [0.1, 0.15) is 0 Å². The molecule has 3 aliphatic rings. The first-order valence-corrected chi connectivity index (χ1v) is 15.4. The quantitative estimate of drug-likeness (QED) is 0.336. The van der Waals surface area contributed by atoms with Crippen molar-refractivity contribution in [2.45, 2.75) is 71.0 Å². The second-order valence-corrected chi connectivity index (χ2v) is 12.4. The smallest absolute Gasteiger partial charge is 0.258 e. The molecule has 42 heavy (non-hydrogen) atoms. The maximum absolute atomic E-state index is 13.7. The van der Waals surface area contributed by atoms with Crippen molar-refractivity contribution in [3.05, 3.63) is 47.8 Å². The molecule has 2 aliphatic heterocycles. The van der Waals surface area contributed by atoms with Gasteiger partial charge in [-0.05, 0) is 102 Å². The molecule has 1 amide bonds. The summed E-state index contributed by atoms with van der Waals surface area (Å²) in [6.45, 7) is 7.73. The van der Waals surface area contributed by atoms with E-state index in [1.807, 2.05) is 29.9 Å². The molecule has 1 saturated heterocycles. The molecule has 0 spiro atoms. The molecular weight excluding hydrogens is 528 g/mol. The molecule has 4 aromatic rings. The van der Waals surface area contributed by atoms with E-state index >= 15 is 0 Å². The van der Waals surface area contributed by atoms with Crippen LogP contribution in [0.5, 0.6) is 5.88 Å². The highest BCUT2D eigenvalue weighted by molar-refractivity contribution is 6.05. The Morgan fingerprint density at radius 2 is 1.88 bits per heavy atom. The number of imidazole rings is 1. The van der Waals surface area contributed by atoms with Crippen molar-refractivity contribution in [1.82, 2.24) is 29.2 Å². The summed E-state index contributed by atoms with van der Waals surface area (Å²) < 4.78 is 10.6. The number of rotatable bonds is 3. The second kappa shape index (κ2) is 11.1. The molecule has 10 nitrogen and oxygen atoms in total. The predicted octanol–water partition coefficient (Wildman–Crippen LogP) is 5.51. The highest BCUT2D eigenvalue weighted by atomic mass is 16.5. The van der Waals surface area contributed by atoms with Crippen LogP contribution in [-0.2, 0) is 6.54 Å². The molecule has 2 N–H and O–H groups in total. The number of pyridine rings is 1. The number of hydrogen-bond donors (Lipinski definition) is 2. The molecule has 0 radical (unpaired) electrons. The summed E-state index contributed by atoms with van der Waals surface area (Å²) in [5, 5.41) is 11.5. The maximum Gasteiger partial charge on any atom is 0.258 e. The zero-order valence-electron chi connectivity index (χ0n) is 24.8. The number of nitrogens with zero attached hydrogens (tertiary/aromatic N) is 6. The van der Waals surface area contributed by atoms with Gasteiger partial charge in [0, 0.05) is 29.5 Å². The fourth-order valence-corrected chi connectivity index (χ4v) is 6.25. The third-order valence-electron chi connectivity index (χ3n) is 8.77. The third kappa shape index (κ3) is 5.47. The predicted molar refractivity (Wildman–Crippen MR) is 164 cm³/mol. The first kappa shape index (κ1) is 26.9. The highest BCUT2D eigenvalue weighted by Crippen LogP contribution is 2.41. The molecule has 10 heteroatoms. The van der Waals surface area contributed by atoms with Crippen LogP contribution >= 0.6 is 0 Å². The number of hydrogen-bond acceptors (Lipinski definition) is 7. The number of aryl methyl sites for hydroxylation is 1. The summed E-state index contributed by atoms with van der Waals surface area (Å²) in [6, 6.07) is 10.9. The topological polar surface area (TPSA) is 102 Å². The zero-order chi connectivity index (χ0) is 28.8. The van der Waals surface area contributed by atoms with E-state index in [0.29, 0.717) is 41.8 Å². The van der Waals surface area contributed by atoms with Crippen LogP contribution in [-0.4, -0.2) is 67.9 Å². The Kier molecular flexibility index (Phi) is 7.09. The van der Waals surface area contributed by atoms with Crippen molar-refractivity contribution in [3.63, 3.8) is 0 Å². The molecular formula is C32H40N8O2. The Morgan fingerprint density at radius 1 is 1.05 bits per heavy atom. The van der Waals surface area contributed by atoms with Crippen LogP contribution in [0, 0.1) is 12.8 Å². The van der Waals surface area contributed by atoms with E-state index in [0.717, 1.165) is 92.0 Å². The van der Waals surface area contributed by atoms with Gasteiger partial charge >= 0.3 is 0 Å². The van der Waals surface area contributed by atoms with Crippen LogP contribution in [0.1, 0.15) is 67.5 Å². The Labute approximate surface area is 246 Å². The minimum atomic E-state index is -0.206. The van der Waals surface area contributed by atoms with Gasteiger partial charge in [-0.15, -0.1) is 0 Å². The number of likely N-dealkylation sites (tertiary alicyclic amines) is 1. The Bertz CT molecular complexity index is 1610. The fourth-order valence-electron chi connectivity index (χ4n) is 6.25. The Hall–Kier alpha value is -3.92.